The summed E-state index contributed by atoms with van der Waals surface area (Å²) in [6, 6.07) is 6.88. The van der Waals surface area contributed by atoms with Gasteiger partial charge < -0.3 is 5.32 Å². The smallest absolute Gasteiger partial charge is 0.143 e. The van der Waals surface area contributed by atoms with Crippen LogP contribution in [0.5, 0.6) is 0 Å². The maximum absolute atomic E-state index is 3.94. The minimum Gasteiger partial charge on any atom is -0.382 e. The van der Waals surface area contributed by atoms with Crippen LogP contribution < -0.4 is 5.32 Å². The Labute approximate surface area is 119 Å². The quantitative estimate of drug-likeness (QED) is 0.929. The van der Waals surface area contributed by atoms with Gasteiger partial charge in [0.15, 0.2) is 0 Å². The minimum absolute atomic E-state index is 0.538. The first-order chi connectivity index (χ1) is 9.74. The zero-order chi connectivity index (χ0) is 13.9. The van der Waals surface area contributed by atoms with Gasteiger partial charge >= 0.3 is 0 Å². The van der Waals surface area contributed by atoms with Crippen LogP contribution in [0.15, 0.2) is 24.5 Å². The predicted octanol–water partition coefficient (Wildman–Crippen LogP) is 2.96. The molecule has 2 aromatic rings. The highest BCUT2D eigenvalue weighted by Gasteiger charge is 2.21. The second-order valence-electron chi connectivity index (χ2n) is 5.73. The molecule has 0 saturated heterocycles. The normalized spacial score (nSPS) is 17.3. The van der Waals surface area contributed by atoms with Crippen LogP contribution in [0.25, 0.3) is 5.69 Å². The number of benzene rings is 1. The summed E-state index contributed by atoms with van der Waals surface area (Å²) in [5.41, 5.74) is 3.37. The van der Waals surface area contributed by atoms with Crippen LogP contribution in [-0.2, 0) is 0 Å². The summed E-state index contributed by atoms with van der Waals surface area (Å²) in [5, 5.41) is 14.9. The Balaban J connectivity index is 1.73. The van der Waals surface area contributed by atoms with Gasteiger partial charge in [-0.2, -0.15) is 0 Å². The molecule has 1 N–H and O–H groups in total. The Morgan fingerprint density at radius 1 is 1.30 bits per heavy atom. The van der Waals surface area contributed by atoms with E-state index in [9.17, 15) is 0 Å². The molecule has 5 heteroatoms. The van der Waals surface area contributed by atoms with Gasteiger partial charge in [0.05, 0.1) is 5.69 Å². The lowest BCUT2D eigenvalue weighted by Gasteiger charge is -2.22. The van der Waals surface area contributed by atoms with Crippen molar-refractivity contribution >= 4 is 5.69 Å². The van der Waals surface area contributed by atoms with E-state index in [1.54, 1.807) is 11.0 Å². The van der Waals surface area contributed by atoms with E-state index in [1.165, 1.54) is 36.9 Å². The highest BCUT2D eigenvalue weighted by molar-refractivity contribution is 5.53. The van der Waals surface area contributed by atoms with Gasteiger partial charge in [-0.25, -0.2) is 4.68 Å². The summed E-state index contributed by atoms with van der Waals surface area (Å²) < 4.78 is 1.69. The number of nitrogens with one attached hydrogen (secondary N) is 1. The molecule has 1 fully saturated rings. The molecular formula is C15H21N5. The fraction of sp³-hybridized carbons (Fsp3) is 0.533. The molecule has 20 heavy (non-hydrogen) atoms. The van der Waals surface area contributed by atoms with E-state index in [2.05, 4.69) is 52.9 Å². The molecule has 0 spiro atoms. The van der Waals surface area contributed by atoms with Gasteiger partial charge in [0.2, 0.25) is 0 Å². The molecule has 106 valence electrons. The second kappa shape index (κ2) is 5.61. The van der Waals surface area contributed by atoms with Gasteiger partial charge in [0.25, 0.3) is 0 Å². The minimum atomic E-state index is 0.538. The van der Waals surface area contributed by atoms with E-state index in [-0.39, 0.29) is 0 Å². The van der Waals surface area contributed by atoms with Crippen LogP contribution in [0.2, 0.25) is 0 Å². The number of aryl methyl sites for hydroxylation is 1. The first-order valence-corrected chi connectivity index (χ1v) is 7.34. The van der Waals surface area contributed by atoms with Crippen molar-refractivity contribution in [2.45, 2.75) is 45.6 Å². The molecule has 1 atom stereocenters. The molecule has 5 nitrogen and oxygen atoms in total. The average molecular weight is 271 g/mol. The zero-order valence-electron chi connectivity index (χ0n) is 12.1. The molecule has 0 aliphatic heterocycles. The number of tetrazole rings is 1. The van der Waals surface area contributed by atoms with Crippen LogP contribution >= 0.6 is 0 Å². The van der Waals surface area contributed by atoms with Crippen molar-refractivity contribution in [3.8, 4) is 5.69 Å². The van der Waals surface area contributed by atoms with Crippen molar-refractivity contribution in [3.63, 3.8) is 0 Å². The number of rotatable bonds is 4. The summed E-state index contributed by atoms with van der Waals surface area (Å²) >= 11 is 0. The van der Waals surface area contributed by atoms with E-state index < -0.39 is 0 Å². The van der Waals surface area contributed by atoms with Crippen LogP contribution in [0.1, 0.15) is 38.2 Å². The molecule has 1 heterocycles. The third-order valence-electron chi connectivity index (χ3n) is 4.29. The summed E-state index contributed by atoms with van der Waals surface area (Å²) in [7, 11) is 0. The lowest BCUT2D eigenvalue weighted by atomic mass is 9.99. The Bertz CT molecular complexity index is 558. The fourth-order valence-corrected chi connectivity index (χ4v) is 3.11. The Morgan fingerprint density at radius 3 is 2.75 bits per heavy atom. The Kier molecular flexibility index (Phi) is 3.67. The Hall–Kier alpha value is -1.91. The number of aromatic nitrogens is 4. The first-order valence-electron chi connectivity index (χ1n) is 7.34. The van der Waals surface area contributed by atoms with Crippen molar-refractivity contribution in [3.05, 3.63) is 30.1 Å². The maximum atomic E-state index is 3.94. The molecule has 1 saturated carbocycles. The number of nitrogens with zero attached hydrogens (tertiary/aromatic N) is 4. The summed E-state index contributed by atoms with van der Waals surface area (Å²) in [6.45, 7) is 4.38. The molecule has 1 aromatic heterocycles. The third kappa shape index (κ3) is 2.66. The van der Waals surface area contributed by atoms with Gasteiger partial charge in [-0.3, -0.25) is 0 Å². The first kappa shape index (κ1) is 13.1. The van der Waals surface area contributed by atoms with Crippen LogP contribution in [-0.4, -0.2) is 26.2 Å². The maximum Gasteiger partial charge on any atom is 0.143 e. The molecular weight excluding hydrogens is 250 g/mol. The monoisotopic (exact) mass is 271 g/mol. The zero-order valence-corrected chi connectivity index (χ0v) is 12.1. The highest BCUT2D eigenvalue weighted by atomic mass is 15.5. The second-order valence-corrected chi connectivity index (χ2v) is 5.73. The molecule has 1 aliphatic rings. The van der Waals surface area contributed by atoms with Gasteiger partial charge in [0.1, 0.15) is 6.33 Å². The highest BCUT2D eigenvalue weighted by Crippen LogP contribution is 2.29. The number of anilines is 1. The van der Waals surface area contributed by atoms with E-state index in [4.69, 9.17) is 0 Å². The Morgan fingerprint density at radius 2 is 2.10 bits per heavy atom. The topological polar surface area (TPSA) is 55.6 Å². The predicted molar refractivity (Wildman–Crippen MR) is 78.9 cm³/mol. The molecule has 3 rings (SSSR count). The molecule has 0 bridgehead atoms. The lowest BCUT2D eigenvalue weighted by molar-refractivity contribution is 0.482. The van der Waals surface area contributed by atoms with Crippen LogP contribution in [0.3, 0.4) is 0 Å². The van der Waals surface area contributed by atoms with Crippen molar-refractivity contribution in [2.75, 3.05) is 5.32 Å². The average Bonchev–Trinajstić information content (AvgIpc) is 3.12. The standard InChI is InChI=1S/C15H21N5/c1-11-9-14(17-12(2)13-5-3-4-6-13)7-8-15(11)20-10-16-18-19-20/h7-10,12-13,17H,3-6H2,1-2H3. The van der Waals surface area contributed by atoms with E-state index in [0.29, 0.717) is 6.04 Å². The molecule has 0 radical (unpaired) electrons. The van der Waals surface area contributed by atoms with E-state index in [1.807, 2.05) is 0 Å². The van der Waals surface area contributed by atoms with E-state index >= 15 is 0 Å². The molecule has 1 aliphatic carbocycles. The summed E-state index contributed by atoms with van der Waals surface area (Å²) in [5.74, 6) is 0.814. The van der Waals surface area contributed by atoms with Gasteiger partial charge in [-0.15, -0.1) is 5.10 Å². The molecule has 1 aromatic carbocycles. The number of hydrogen-bond acceptors (Lipinski definition) is 4. The summed E-state index contributed by atoms with van der Waals surface area (Å²) in [6.07, 6.45) is 7.10. The van der Waals surface area contributed by atoms with Crippen molar-refractivity contribution < 1.29 is 0 Å². The largest absolute Gasteiger partial charge is 0.382 e. The van der Waals surface area contributed by atoms with Crippen molar-refractivity contribution in [2.24, 2.45) is 5.92 Å². The lowest BCUT2D eigenvalue weighted by Crippen LogP contribution is -2.23. The molecule has 1 unspecified atom stereocenters. The van der Waals surface area contributed by atoms with Crippen LogP contribution in [0, 0.1) is 12.8 Å². The van der Waals surface area contributed by atoms with Gasteiger partial charge in [-0.1, -0.05) is 12.8 Å². The van der Waals surface area contributed by atoms with Gasteiger partial charge in [-0.05, 0) is 66.8 Å². The molecule has 0 amide bonds. The fourth-order valence-electron chi connectivity index (χ4n) is 3.11. The number of hydrogen-bond donors (Lipinski definition) is 1. The van der Waals surface area contributed by atoms with Gasteiger partial charge in [0, 0.05) is 11.7 Å². The summed E-state index contributed by atoms with van der Waals surface area (Å²) in [4.78, 5) is 0. The van der Waals surface area contributed by atoms with E-state index in [0.717, 1.165) is 11.6 Å². The third-order valence-corrected chi connectivity index (χ3v) is 4.29. The van der Waals surface area contributed by atoms with Crippen molar-refractivity contribution in [1.29, 1.82) is 0 Å². The van der Waals surface area contributed by atoms with Crippen LogP contribution in [0.4, 0.5) is 5.69 Å². The van der Waals surface area contributed by atoms with Crippen molar-refractivity contribution in [1.82, 2.24) is 20.2 Å². The SMILES string of the molecule is Cc1cc(NC(C)C2CCCC2)ccc1-n1cnnn1.